The highest BCUT2D eigenvalue weighted by Crippen LogP contribution is 2.31. The molecule has 0 atom stereocenters. The van der Waals surface area contributed by atoms with Gasteiger partial charge in [0.1, 0.15) is 0 Å². The first kappa shape index (κ1) is 14.0. The van der Waals surface area contributed by atoms with Gasteiger partial charge in [-0.2, -0.15) is 13.2 Å². The van der Waals surface area contributed by atoms with E-state index in [0.29, 0.717) is 4.68 Å². The van der Waals surface area contributed by atoms with Crippen LogP contribution in [0.1, 0.15) is 21.7 Å². The summed E-state index contributed by atoms with van der Waals surface area (Å²) in [7, 11) is 0. The quantitative estimate of drug-likeness (QED) is 0.924. The van der Waals surface area contributed by atoms with Crippen molar-refractivity contribution in [3.8, 4) is 0 Å². The number of aromatic nitrogens is 4. The normalized spacial score (nSPS) is 11.6. The number of hydrogen-bond donors (Lipinski definition) is 1. The van der Waals surface area contributed by atoms with Crippen LogP contribution in [-0.2, 0) is 19.1 Å². The van der Waals surface area contributed by atoms with Crippen LogP contribution in [0, 0.1) is 0 Å². The third-order valence-electron chi connectivity index (χ3n) is 2.57. The van der Waals surface area contributed by atoms with Crippen molar-refractivity contribution in [1.29, 1.82) is 0 Å². The molecule has 0 aliphatic carbocycles. The molecule has 2 aromatic rings. The van der Waals surface area contributed by atoms with Crippen LogP contribution < -0.4 is 0 Å². The van der Waals surface area contributed by atoms with Gasteiger partial charge in [-0.05, 0) is 24.1 Å². The van der Waals surface area contributed by atoms with Gasteiger partial charge in [-0.25, -0.2) is 9.48 Å². The molecule has 6 nitrogen and oxygen atoms in total. The molecule has 106 valence electrons. The molecule has 0 unspecified atom stereocenters. The fourth-order valence-corrected chi connectivity index (χ4v) is 1.68. The topological polar surface area (TPSA) is 80.9 Å². The predicted octanol–water partition coefficient (Wildman–Crippen LogP) is 1.63. The van der Waals surface area contributed by atoms with E-state index < -0.39 is 23.5 Å². The second-order valence-corrected chi connectivity index (χ2v) is 3.92. The van der Waals surface area contributed by atoms with Gasteiger partial charge >= 0.3 is 12.1 Å². The van der Waals surface area contributed by atoms with E-state index in [0.717, 1.165) is 5.56 Å². The number of aromatic carboxylic acids is 1. The van der Waals surface area contributed by atoms with Crippen LogP contribution in [0.2, 0.25) is 0 Å². The summed E-state index contributed by atoms with van der Waals surface area (Å²) in [5.41, 5.74) is -1.67. The van der Waals surface area contributed by atoms with E-state index in [1.165, 1.54) is 12.4 Å². The van der Waals surface area contributed by atoms with E-state index in [1.54, 1.807) is 12.1 Å². The number of alkyl halides is 3. The fraction of sp³-hybridized carbons (Fsp3) is 0.273. The fourth-order valence-electron chi connectivity index (χ4n) is 1.68. The number of aryl methyl sites for hydroxylation is 2. The van der Waals surface area contributed by atoms with Crippen molar-refractivity contribution in [1.82, 2.24) is 20.0 Å². The minimum Gasteiger partial charge on any atom is -0.476 e. The highest BCUT2D eigenvalue weighted by molar-refractivity contribution is 5.86. The number of rotatable bonds is 4. The molecule has 0 aliphatic heterocycles. The molecule has 0 fully saturated rings. The first-order chi connectivity index (χ1) is 9.39. The summed E-state index contributed by atoms with van der Waals surface area (Å²) < 4.78 is 39.1. The van der Waals surface area contributed by atoms with E-state index in [-0.39, 0.29) is 13.0 Å². The summed E-state index contributed by atoms with van der Waals surface area (Å²) >= 11 is 0. The maximum absolute atomic E-state index is 12.9. The molecule has 2 heterocycles. The third-order valence-corrected chi connectivity index (χ3v) is 2.57. The van der Waals surface area contributed by atoms with Crippen LogP contribution in [-0.4, -0.2) is 31.1 Å². The lowest BCUT2D eigenvalue weighted by Gasteiger charge is -2.09. The van der Waals surface area contributed by atoms with Crippen LogP contribution in [0.4, 0.5) is 13.2 Å². The first-order valence-electron chi connectivity index (χ1n) is 5.52. The van der Waals surface area contributed by atoms with Crippen molar-refractivity contribution in [3.05, 3.63) is 41.5 Å². The second kappa shape index (κ2) is 5.27. The van der Waals surface area contributed by atoms with Gasteiger partial charge in [0.15, 0.2) is 5.69 Å². The molecule has 0 saturated heterocycles. The van der Waals surface area contributed by atoms with Gasteiger partial charge in [-0.1, -0.05) is 5.21 Å². The van der Waals surface area contributed by atoms with Gasteiger partial charge in [0.25, 0.3) is 0 Å². The molecule has 20 heavy (non-hydrogen) atoms. The number of carbonyl (C=O) groups is 1. The Morgan fingerprint density at radius 2 is 1.95 bits per heavy atom. The number of pyridine rings is 1. The standard InChI is InChI=1S/C11H9F3N4O2/c12-11(13,14)9-8(10(19)20)16-17-18(9)6-3-7-1-4-15-5-2-7/h1-2,4-5H,3,6H2,(H,19,20). The number of hydrogen-bond acceptors (Lipinski definition) is 4. The molecular formula is C11H9F3N4O2. The van der Waals surface area contributed by atoms with E-state index in [1.807, 2.05) is 0 Å². The van der Waals surface area contributed by atoms with Crippen molar-refractivity contribution >= 4 is 5.97 Å². The van der Waals surface area contributed by atoms with Crippen molar-refractivity contribution in [3.63, 3.8) is 0 Å². The van der Waals surface area contributed by atoms with Crippen LogP contribution in [0.25, 0.3) is 0 Å². The molecular weight excluding hydrogens is 277 g/mol. The Labute approximate surface area is 110 Å². The Kier molecular flexibility index (Phi) is 3.68. The Hall–Kier alpha value is -2.45. The summed E-state index contributed by atoms with van der Waals surface area (Å²) in [5.74, 6) is -1.76. The summed E-state index contributed by atoms with van der Waals surface area (Å²) in [6, 6.07) is 3.31. The van der Waals surface area contributed by atoms with E-state index >= 15 is 0 Å². The van der Waals surface area contributed by atoms with Gasteiger partial charge in [0.2, 0.25) is 5.69 Å². The third kappa shape index (κ3) is 2.92. The van der Waals surface area contributed by atoms with Gasteiger partial charge in [0.05, 0.1) is 0 Å². The molecule has 0 bridgehead atoms. The van der Waals surface area contributed by atoms with Crippen LogP contribution in [0.3, 0.4) is 0 Å². The average Bonchev–Trinajstić information content (AvgIpc) is 2.81. The lowest BCUT2D eigenvalue weighted by molar-refractivity contribution is -0.144. The van der Waals surface area contributed by atoms with Crippen LogP contribution in [0.5, 0.6) is 0 Å². The monoisotopic (exact) mass is 286 g/mol. The summed E-state index contributed by atoms with van der Waals surface area (Å²) in [6.07, 6.45) is -1.53. The highest BCUT2D eigenvalue weighted by Gasteiger charge is 2.41. The average molecular weight is 286 g/mol. The van der Waals surface area contributed by atoms with Gasteiger partial charge < -0.3 is 5.11 Å². The first-order valence-corrected chi connectivity index (χ1v) is 5.52. The van der Waals surface area contributed by atoms with E-state index in [4.69, 9.17) is 5.11 Å². The summed E-state index contributed by atoms with van der Waals surface area (Å²) in [4.78, 5) is 14.5. The number of carboxylic acids is 1. The smallest absolute Gasteiger partial charge is 0.435 e. The maximum atomic E-state index is 12.9. The Morgan fingerprint density at radius 3 is 2.50 bits per heavy atom. The van der Waals surface area contributed by atoms with Crippen molar-refractivity contribution in [2.45, 2.75) is 19.1 Å². The largest absolute Gasteiger partial charge is 0.476 e. The molecule has 2 rings (SSSR count). The molecule has 0 aromatic carbocycles. The van der Waals surface area contributed by atoms with E-state index in [2.05, 4.69) is 15.3 Å². The van der Waals surface area contributed by atoms with E-state index in [9.17, 15) is 18.0 Å². The predicted molar refractivity (Wildman–Crippen MR) is 59.9 cm³/mol. The number of carboxylic acid groups (broad SMARTS) is 1. The molecule has 2 aromatic heterocycles. The molecule has 0 saturated carbocycles. The number of nitrogens with zero attached hydrogens (tertiary/aromatic N) is 4. The minimum absolute atomic E-state index is 0.126. The zero-order chi connectivity index (χ0) is 14.8. The van der Waals surface area contributed by atoms with Gasteiger partial charge in [-0.15, -0.1) is 5.10 Å². The lowest BCUT2D eigenvalue weighted by Crippen LogP contribution is -2.19. The van der Waals surface area contributed by atoms with Crippen molar-refractivity contribution in [2.24, 2.45) is 0 Å². The van der Waals surface area contributed by atoms with Crippen LogP contribution >= 0.6 is 0 Å². The molecule has 0 amide bonds. The molecule has 0 radical (unpaired) electrons. The zero-order valence-electron chi connectivity index (χ0n) is 10.0. The summed E-state index contributed by atoms with van der Waals surface area (Å²) in [6.45, 7) is -0.126. The Bertz CT molecular complexity index is 610. The maximum Gasteiger partial charge on any atom is 0.435 e. The van der Waals surface area contributed by atoms with Gasteiger partial charge in [0, 0.05) is 18.9 Å². The van der Waals surface area contributed by atoms with Crippen LogP contribution in [0.15, 0.2) is 24.5 Å². The van der Waals surface area contributed by atoms with Crippen molar-refractivity contribution < 1.29 is 23.1 Å². The number of halogens is 3. The molecule has 9 heteroatoms. The molecule has 1 N–H and O–H groups in total. The SMILES string of the molecule is O=C(O)c1nnn(CCc2ccncc2)c1C(F)(F)F. The summed E-state index contributed by atoms with van der Waals surface area (Å²) in [5, 5.41) is 15.0. The molecule has 0 aliphatic rings. The highest BCUT2D eigenvalue weighted by atomic mass is 19.4. The minimum atomic E-state index is -4.82. The Morgan fingerprint density at radius 1 is 1.30 bits per heavy atom. The van der Waals surface area contributed by atoms with Crippen molar-refractivity contribution in [2.75, 3.05) is 0 Å². The Balaban J connectivity index is 2.26. The second-order valence-electron chi connectivity index (χ2n) is 3.92. The molecule has 0 spiro atoms. The lowest BCUT2D eigenvalue weighted by atomic mass is 10.2. The zero-order valence-corrected chi connectivity index (χ0v) is 10.0. The van der Waals surface area contributed by atoms with Gasteiger partial charge in [-0.3, -0.25) is 4.98 Å².